The van der Waals surface area contributed by atoms with E-state index in [1.54, 1.807) is 6.07 Å². The molecule has 0 bridgehead atoms. The van der Waals surface area contributed by atoms with Crippen LogP contribution in [0.3, 0.4) is 0 Å². The van der Waals surface area contributed by atoms with E-state index in [-0.39, 0.29) is 17.9 Å². The fourth-order valence-electron chi connectivity index (χ4n) is 2.01. The summed E-state index contributed by atoms with van der Waals surface area (Å²) in [7, 11) is -3.45. The van der Waals surface area contributed by atoms with E-state index in [0.717, 1.165) is 16.5 Å². The number of fused-ring (bicyclic) bond motifs is 1. The highest BCUT2D eigenvalue weighted by Gasteiger charge is 2.22. The minimum Gasteiger partial charge on any atom is -0.493 e. The van der Waals surface area contributed by atoms with Crippen LogP contribution in [0.1, 0.15) is 17.5 Å². The number of halogens is 1. The molecule has 104 valence electrons. The quantitative estimate of drug-likeness (QED) is 0.876. The lowest BCUT2D eigenvalue weighted by Gasteiger charge is -2.09. The molecule has 1 aliphatic rings. The zero-order valence-corrected chi connectivity index (χ0v) is 12.5. The standard InChI is InChI=1S/C12H13BrO5S/c13-10-5-8-1-3-18-12(8)9(6-10)7-19(16,17)4-2-11(14)15/h5-6H,1-4,7H2,(H,14,15). The van der Waals surface area contributed by atoms with Crippen LogP contribution in [0.4, 0.5) is 0 Å². The molecule has 2 rings (SSSR count). The molecular formula is C12H13BrO5S. The van der Waals surface area contributed by atoms with Crippen LogP contribution in [0.25, 0.3) is 0 Å². The Kier molecular flexibility index (Phi) is 4.15. The van der Waals surface area contributed by atoms with Crippen LogP contribution in [-0.2, 0) is 26.8 Å². The highest BCUT2D eigenvalue weighted by molar-refractivity contribution is 9.10. The molecule has 1 aromatic rings. The van der Waals surface area contributed by atoms with Crippen molar-refractivity contribution < 1.29 is 23.1 Å². The van der Waals surface area contributed by atoms with Gasteiger partial charge in [-0.3, -0.25) is 4.79 Å². The molecule has 1 aliphatic heterocycles. The van der Waals surface area contributed by atoms with Gasteiger partial charge in [-0.15, -0.1) is 0 Å². The third-order valence-electron chi connectivity index (χ3n) is 2.83. The van der Waals surface area contributed by atoms with E-state index in [9.17, 15) is 13.2 Å². The normalized spacial score (nSPS) is 13.9. The Morgan fingerprint density at radius 1 is 1.42 bits per heavy atom. The summed E-state index contributed by atoms with van der Waals surface area (Å²) < 4.78 is 30.0. The number of aliphatic carboxylic acids is 1. The van der Waals surface area contributed by atoms with Crippen LogP contribution in [0.15, 0.2) is 16.6 Å². The van der Waals surface area contributed by atoms with E-state index in [4.69, 9.17) is 9.84 Å². The third-order valence-corrected chi connectivity index (χ3v) is 4.86. The Labute approximate surface area is 119 Å². The molecule has 0 amide bonds. The summed E-state index contributed by atoms with van der Waals surface area (Å²) in [6, 6.07) is 3.62. The molecule has 5 nitrogen and oxygen atoms in total. The van der Waals surface area contributed by atoms with Gasteiger partial charge in [0.1, 0.15) is 5.75 Å². The molecule has 0 spiro atoms. The molecule has 7 heteroatoms. The average Bonchev–Trinajstić information content (AvgIpc) is 2.74. The van der Waals surface area contributed by atoms with Crippen LogP contribution in [0.2, 0.25) is 0 Å². The van der Waals surface area contributed by atoms with E-state index < -0.39 is 15.8 Å². The van der Waals surface area contributed by atoms with Crippen LogP contribution in [0, 0.1) is 0 Å². The second-order valence-corrected chi connectivity index (χ2v) is 7.49. The van der Waals surface area contributed by atoms with Crippen molar-refractivity contribution in [3.63, 3.8) is 0 Å². The van der Waals surface area contributed by atoms with Gasteiger partial charge in [0.05, 0.1) is 24.5 Å². The van der Waals surface area contributed by atoms with E-state index in [1.165, 1.54) is 0 Å². The number of rotatable bonds is 5. The molecule has 0 atom stereocenters. The maximum absolute atomic E-state index is 11.9. The smallest absolute Gasteiger partial charge is 0.304 e. The number of sulfone groups is 1. The lowest BCUT2D eigenvalue weighted by molar-refractivity contribution is -0.136. The number of carboxylic acids is 1. The number of carbonyl (C=O) groups is 1. The first-order valence-electron chi connectivity index (χ1n) is 5.74. The molecular weight excluding hydrogens is 336 g/mol. The summed E-state index contributed by atoms with van der Waals surface area (Å²) in [5.41, 5.74) is 1.57. The van der Waals surface area contributed by atoms with Crippen LogP contribution in [0.5, 0.6) is 5.75 Å². The molecule has 1 aromatic carbocycles. The van der Waals surface area contributed by atoms with Gasteiger partial charge in [0.2, 0.25) is 0 Å². The Balaban J connectivity index is 2.22. The second kappa shape index (κ2) is 5.50. The zero-order valence-electron chi connectivity index (χ0n) is 10.1. The first kappa shape index (κ1) is 14.3. The fraction of sp³-hybridized carbons (Fsp3) is 0.417. The predicted molar refractivity (Wildman–Crippen MR) is 73.1 cm³/mol. The Morgan fingerprint density at radius 3 is 2.84 bits per heavy atom. The number of ether oxygens (including phenoxy) is 1. The van der Waals surface area contributed by atoms with Crippen molar-refractivity contribution in [2.24, 2.45) is 0 Å². The summed E-state index contributed by atoms with van der Waals surface area (Å²) in [6.07, 6.45) is 0.385. The van der Waals surface area contributed by atoms with Gasteiger partial charge in [-0.1, -0.05) is 15.9 Å². The average molecular weight is 349 g/mol. The van der Waals surface area contributed by atoms with Crippen molar-refractivity contribution in [2.45, 2.75) is 18.6 Å². The Hall–Kier alpha value is -1.08. The van der Waals surface area contributed by atoms with Crippen molar-refractivity contribution in [1.29, 1.82) is 0 Å². The van der Waals surface area contributed by atoms with Gasteiger partial charge in [0.15, 0.2) is 9.84 Å². The number of benzene rings is 1. The van der Waals surface area contributed by atoms with Gasteiger partial charge in [0.25, 0.3) is 0 Å². The maximum atomic E-state index is 11.9. The summed E-state index contributed by atoms with van der Waals surface area (Å²) in [5.74, 6) is -1.03. The lowest BCUT2D eigenvalue weighted by Crippen LogP contribution is -2.13. The van der Waals surface area contributed by atoms with Crippen LogP contribution in [-0.4, -0.2) is 31.9 Å². The molecule has 0 unspecified atom stereocenters. The van der Waals surface area contributed by atoms with E-state index in [1.807, 2.05) is 6.07 Å². The summed E-state index contributed by atoms with van der Waals surface area (Å²) in [4.78, 5) is 10.4. The van der Waals surface area contributed by atoms with Gasteiger partial charge < -0.3 is 9.84 Å². The van der Waals surface area contributed by atoms with Crippen molar-refractivity contribution in [1.82, 2.24) is 0 Å². The highest BCUT2D eigenvalue weighted by atomic mass is 79.9. The summed E-state index contributed by atoms with van der Waals surface area (Å²) >= 11 is 3.34. The lowest BCUT2D eigenvalue weighted by atomic mass is 10.1. The van der Waals surface area contributed by atoms with Crippen LogP contribution < -0.4 is 4.74 Å². The second-order valence-electron chi connectivity index (χ2n) is 4.39. The largest absolute Gasteiger partial charge is 0.493 e. The maximum Gasteiger partial charge on any atom is 0.304 e. The van der Waals surface area contributed by atoms with Gasteiger partial charge in [-0.2, -0.15) is 0 Å². The Bertz CT molecular complexity index is 609. The highest BCUT2D eigenvalue weighted by Crippen LogP contribution is 2.34. The molecule has 0 aliphatic carbocycles. The van der Waals surface area contributed by atoms with Gasteiger partial charge in [-0.05, 0) is 17.7 Å². The SMILES string of the molecule is O=C(O)CCS(=O)(=O)Cc1cc(Br)cc2c1OCC2. The van der Waals surface area contributed by atoms with Gasteiger partial charge >= 0.3 is 5.97 Å². The number of hydrogen-bond acceptors (Lipinski definition) is 4. The first-order valence-corrected chi connectivity index (χ1v) is 8.35. The predicted octanol–water partition coefficient (Wildman–Crippen LogP) is 1.77. The summed E-state index contributed by atoms with van der Waals surface area (Å²) in [5, 5.41) is 8.55. The molecule has 19 heavy (non-hydrogen) atoms. The molecule has 1 heterocycles. The molecule has 0 aromatic heterocycles. The summed E-state index contributed by atoms with van der Waals surface area (Å²) in [6.45, 7) is 0.550. The van der Waals surface area contributed by atoms with Gasteiger partial charge in [-0.25, -0.2) is 8.42 Å². The number of carboxylic acid groups (broad SMARTS) is 1. The van der Waals surface area contributed by atoms with E-state index >= 15 is 0 Å². The van der Waals surface area contributed by atoms with Crippen molar-refractivity contribution in [3.8, 4) is 5.75 Å². The van der Waals surface area contributed by atoms with E-state index in [2.05, 4.69) is 15.9 Å². The monoisotopic (exact) mass is 348 g/mol. The minimum absolute atomic E-state index is 0.192. The minimum atomic E-state index is -3.45. The van der Waals surface area contributed by atoms with Crippen molar-refractivity contribution in [2.75, 3.05) is 12.4 Å². The molecule has 0 radical (unpaired) electrons. The third kappa shape index (κ3) is 3.70. The first-order chi connectivity index (χ1) is 8.87. The Morgan fingerprint density at radius 2 is 2.16 bits per heavy atom. The fourth-order valence-corrected chi connectivity index (χ4v) is 3.88. The van der Waals surface area contributed by atoms with Gasteiger partial charge in [0, 0.05) is 16.5 Å². The van der Waals surface area contributed by atoms with Crippen molar-refractivity contribution in [3.05, 3.63) is 27.7 Å². The van der Waals surface area contributed by atoms with E-state index in [0.29, 0.717) is 17.9 Å². The van der Waals surface area contributed by atoms with Crippen LogP contribution >= 0.6 is 15.9 Å². The molecule has 0 fully saturated rings. The molecule has 0 saturated heterocycles. The molecule has 1 N–H and O–H groups in total. The van der Waals surface area contributed by atoms with Crippen molar-refractivity contribution >= 4 is 31.7 Å². The zero-order chi connectivity index (χ0) is 14.0. The molecule has 0 saturated carbocycles. The topological polar surface area (TPSA) is 80.7 Å². The number of hydrogen-bond donors (Lipinski definition) is 1.